The van der Waals surface area contributed by atoms with E-state index in [2.05, 4.69) is 12.1 Å². The van der Waals surface area contributed by atoms with Crippen LogP contribution in [0.25, 0.3) is 0 Å². The minimum atomic E-state index is -0.964. The van der Waals surface area contributed by atoms with Crippen LogP contribution in [0, 0.1) is 0 Å². The van der Waals surface area contributed by atoms with Crippen molar-refractivity contribution >= 4 is 23.3 Å². The van der Waals surface area contributed by atoms with Crippen molar-refractivity contribution < 1.29 is 9.90 Å². The van der Waals surface area contributed by atoms with E-state index in [0.29, 0.717) is 10.7 Å². The van der Waals surface area contributed by atoms with Gasteiger partial charge < -0.3 is 10.0 Å². The molecule has 0 bridgehead atoms. The number of benzene rings is 2. The summed E-state index contributed by atoms with van der Waals surface area (Å²) >= 11 is 5.86. The number of carbonyl (C=O) groups is 1. The maximum Gasteiger partial charge on any atom is 0.337 e. The Labute approximate surface area is 123 Å². The lowest BCUT2D eigenvalue weighted by atomic mass is 10.1. The molecule has 0 aliphatic heterocycles. The van der Waals surface area contributed by atoms with Crippen molar-refractivity contribution in [3.63, 3.8) is 0 Å². The molecule has 1 N–H and O–H groups in total. The summed E-state index contributed by atoms with van der Waals surface area (Å²) in [7, 11) is 1.89. The summed E-state index contributed by atoms with van der Waals surface area (Å²) in [6, 6.07) is 15.1. The smallest absolute Gasteiger partial charge is 0.337 e. The predicted octanol–water partition coefficient (Wildman–Crippen LogP) is 3.72. The predicted molar refractivity (Wildman–Crippen MR) is 81.8 cm³/mol. The number of carboxylic acids is 1. The van der Waals surface area contributed by atoms with Crippen LogP contribution in [0.1, 0.15) is 15.9 Å². The maximum atomic E-state index is 11.3. The fraction of sp³-hybridized carbons (Fsp3) is 0.188. The molecule has 0 aliphatic carbocycles. The van der Waals surface area contributed by atoms with Gasteiger partial charge in [0.15, 0.2) is 0 Å². The van der Waals surface area contributed by atoms with Gasteiger partial charge in [-0.05, 0) is 30.2 Å². The Bertz CT molecular complexity index is 599. The van der Waals surface area contributed by atoms with Crippen molar-refractivity contribution in [1.82, 2.24) is 0 Å². The molecule has 2 aromatic carbocycles. The number of aromatic carboxylic acids is 1. The van der Waals surface area contributed by atoms with Crippen LogP contribution in [0.4, 0.5) is 5.69 Å². The molecule has 0 saturated heterocycles. The quantitative estimate of drug-likeness (QED) is 0.912. The molecule has 0 aromatic heterocycles. The van der Waals surface area contributed by atoms with Gasteiger partial charge in [0.25, 0.3) is 0 Å². The molecule has 0 heterocycles. The Kier molecular flexibility index (Phi) is 4.64. The molecule has 0 atom stereocenters. The number of anilines is 1. The Morgan fingerprint density at radius 2 is 1.90 bits per heavy atom. The van der Waals surface area contributed by atoms with Crippen molar-refractivity contribution in [2.45, 2.75) is 6.42 Å². The second-order valence-electron chi connectivity index (χ2n) is 4.62. The van der Waals surface area contributed by atoms with Gasteiger partial charge in [-0.2, -0.15) is 0 Å². The number of likely N-dealkylation sites (N-methyl/N-ethyl adjacent to an activating group) is 1. The van der Waals surface area contributed by atoms with E-state index in [1.54, 1.807) is 12.1 Å². The highest BCUT2D eigenvalue weighted by Gasteiger charge is 2.13. The zero-order valence-electron chi connectivity index (χ0n) is 11.2. The highest BCUT2D eigenvalue weighted by Crippen LogP contribution is 2.23. The molecule has 2 aromatic rings. The van der Waals surface area contributed by atoms with Crippen molar-refractivity contribution in [3.8, 4) is 0 Å². The van der Waals surface area contributed by atoms with Crippen LogP contribution in [0.15, 0.2) is 48.5 Å². The SMILES string of the molecule is CN(CCc1ccccc1)c1ccc(Cl)cc1C(=O)O. The third-order valence-corrected chi connectivity index (χ3v) is 3.41. The summed E-state index contributed by atoms with van der Waals surface area (Å²) in [5.41, 5.74) is 2.14. The highest BCUT2D eigenvalue weighted by atomic mass is 35.5. The van der Waals surface area contributed by atoms with Crippen LogP contribution in [0.3, 0.4) is 0 Å². The lowest BCUT2D eigenvalue weighted by Gasteiger charge is -2.21. The Balaban J connectivity index is 2.13. The van der Waals surface area contributed by atoms with E-state index in [4.69, 9.17) is 11.6 Å². The molecule has 0 amide bonds. The van der Waals surface area contributed by atoms with Crippen LogP contribution in [-0.4, -0.2) is 24.7 Å². The fourth-order valence-corrected chi connectivity index (χ4v) is 2.25. The zero-order chi connectivity index (χ0) is 14.5. The fourth-order valence-electron chi connectivity index (χ4n) is 2.07. The lowest BCUT2D eigenvalue weighted by Crippen LogP contribution is -2.22. The standard InChI is InChI=1S/C16H16ClNO2/c1-18(10-9-12-5-3-2-4-6-12)15-8-7-13(17)11-14(15)16(19)20/h2-8,11H,9-10H2,1H3,(H,19,20). The van der Waals surface area contributed by atoms with Gasteiger partial charge in [-0.15, -0.1) is 0 Å². The molecule has 20 heavy (non-hydrogen) atoms. The Morgan fingerprint density at radius 1 is 1.20 bits per heavy atom. The summed E-state index contributed by atoms with van der Waals surface area (Å²) in [4.78, 5) is 13.2. The summed E-state index contributed by atoms with van der Waals surface area (Å²) in [5, 5.41) is 9.67. The molecule has 2 rings (SSSR count). The number of hydrogen-bond acceptors (Lipinski definition) is 2. The van der Waals surface area contributed by atoms with E-state index in [0.717, 1.165) is 13.0 Å². The maximum absolute atomic E-state index is 11.3. The van der Waals surface area contributed by atoms with E-state index in [-0.39, 0.29) is 5.56 Å². The van der Waals surface area contributed by atoms with Gasteiger partial charge in [0.1, 0.15) is 0 Å². The molecular formula is C16H16ClNO2. The van der Waals surface area contributed by atoms with E-state index in [1.165, 1.54) is 11.6 Å². The van der Waals surface area contributed by atoms with Crippen molar-refractivity contribution in [2.75, 3.05) is 18.5 Å². The van der Waals surface area contributed by atoms with Gasteiger partial charge in [-0.1, -0.05) is 41.9 Å². The topological polar surface area (TPSA) is 40.5 Å². The molecule has 0 aliphatic rings. The molecule has 104 valence electrons. The first-order valence-corrected chi connectivity index (χ1v) is 6.73. The monoisotopic (exact) mass is 289 g/mol. The number of halogens is 1. The Morgan fingerprint density at radius 3 is 2.55 bits per heavy atom. The van der Waals surface area contributed by atoms with Gasteiger partial charge in [-0.3, -0.25) is 0 Å². The van der Waals surface area contributed by atoms with Crippen LogP contribution in [-0.2, 0) is 6.42 Å². The third-order valence-electron chi connectivity index (χ3n) is 3.18. The van der Waals surface area contributed by atoms with Gasteiger partial charge in [0.2, 0.25) is 0 Å². The normalized spacial score (nSPS) is 10.3. The summed E-state index contributed by atoms with van der Waals surface area (Å²) in [6.45, 7) is 0.742. The Hall–Kier alpha value is -2.00. The summed E-state index contributed by atoms with van der Waals surface area (Å²) < 4.78 is 0. The van der Waals surface area contributed by atoms with Crippen molar-refractivity contribution in [1.29, 1.82) is 0 Å². The summed E-state index contributed by atoms with van der Waals surface area (Å²) in [6.07, 6.45) is 0.860. The van der Waals surface area contributed by atoms with E-state index in [9.17, 15) is 9.90 Å². The van der Waals surface area contributed by atoms with E-state index in [1.807, 2.05) is 30.1 Å². The first-order chi connectivity index (χ1) is 9.58. The number of nitrogens with zero attached hydrogens (tertiary/aromatic N) is 1. The average Bonchev–Trinajstić information content (AvgIpc) is 2.45. The molecule has 0 saturated carbocycles. The second kappa shape index (κ2) is 6.44. The molecule has 0 radical (unpaired) electrons. The number of hydrogen-bond donors (Lipinski definition) is 1. The molecule has 4 heteroatoms. The number of rotatable bonds is 5. The molecule has 0 unspecified atom stereocenters. The molecule has 0 spiro atoms. The third kappa shape index (κ3) is 3.52. The summed E-state index contributed by atoms with van der Waals surface area (Å²) in [5.74, 6) is -0.964. The second-order valence-corrected chi connectivity index (χ2v) is 5.06. The van der Waals surface area contributed by atoms with Crippen LogP contribution in [0.5, 0.6) is 0 Å². The van der Waals surface area contributed by atoms with Gasteiger partial charge >= 0.3 is 5.97 Å². The largest absolute Gasteiger partial charge is 0.478 e. The van der Waals surface area contributed by atoms with Gasteiger partial charge in [0, 0.05) is 18.6 Å². The minimum absolute atomic E-state index is 0.230. The lowest BCUT2D eigenvalue weighted by molar-refractivity contribution is 0.0697. The first-order valence-electron chi connectivity index (χ1n) is 6.36. The molecule has 3 nitrogen and oxygen atoms in total. The number of carboxylic acid groups (broad SMARTS) is 1. The van der Waals surface area contributed by atoms with Crippen molar-refractivity contribution in [2.24, 2.45) is 0 Å². The van der Waals surface area contributed by atoms with Gasteiger partial charge in [0.05, 0.1) is 11.3 Å². The van der Waals surface area contributed by atoms with Crippen LogP contribution >= 0.6 is 11.6 Å². The molecular weight excluding hydrogens is 274 g/mol. The van der Waals surface area contributed by atoms with Crippen LogP contribution < -0.4 is 4.90 Å². The van der Waals surface area contributed by atoms with Gasteiger partial charge in [-0.25, -0.2) is 4.79 Å². The minimum Gasteiger partial charge on any atom is -0.478 e. The molecule has 0 fully saturated rings. The van der Waals surface area contributed by atoms with Crippen LogP contribution in [0.2, 0.25) is 5.02 Å². The average molecular weight is 290 g/mol. The van der Waals surface area contributed by atoms with E-state index >= 15 is 0 Å². The first kappa shape index (κ1) is 14.4. The van der Waals surface area contributed by atoms with E-state index < -0.39 is 5.97 Å². The van der Waals surface area contributed by atoms with Crippen molar-refractivity contribution in [3.05, 3.63) is 64.7 Å². The highest BCUT2D eigenvalue weighted by molar-refractivity contribution is 6.31. The zero-order valence-corrected chi connectivity index (χ0v) is 12.0.